The van der Waals surface area contributed by atoms with Gasteiger partial charge in [0.05, 0.1) is 12.7 Å². The van der Waals surface area contributed by atoms with Crippen molar-refractivity contribution >= 4 is 23.4 Å². The number of hydrogen-bond acceptors (Lipinski definition) is 5. The molecule has 1 N–H and O–H groups in total. The summed E-state index contributed by atoms with van der Waals surface area (Å²) in [5.74, 6) is 1.46. The van der Waals surface area contributed by atoms with E-state index in [-0.39, 0.29) is 5.91 Å². The number of nitrogens with zero attached hydrogens (tertiary/aromatic N) is 2. The topological polar surface area (TPSA) is 75.0 Å². The van der Waals surface area contributed by atoms with Crippen LogP contribution in [0, 0.1) is 11.3 Å². The summed E-state index contributed by atoms with van der Waals surface area (Å²) < 4.78 is 5.14. The average Bonchev–Trinajstić information content (AvgIpc) is 2.61. The number of nitriles is 1. The maximum absolute atomic E-state index is 12.1. The minimum atomic E-state index is -0.0840. The van der Waals surface area contributed by atoms with Crippen LogP contribution in [0.5, 0.6) is 5.75 Å². The molecule has 0 saturated heterocycles. The van der Waals surface area contributed by atoms with Crippen molar-refractivity contribution in [1.82, 2.24) is 4.98 Å². The molecular formula is C19H21N3O2S. The molecule has 1 aromatic heterocycles. The average molecular weight is 355 g/mol. The molecule has 1 amide bonds. The lowest BCUT2D eigenvalue weighted by Gasteiger charge is -2.09. The van der Waals surface area contributed by atoms with Crippen molar-refractivity contribution in [1.29, 1.82) is 5.26 Å². The molecule has 0 radical (unpaired) electrons. The smallest absolute Gasteiger partial charge is 0.225 e. The molecule has 2 aromatic rings. The fourth-order valence-electron chi connectivity index (χ4n) is 2.14. The van der Waals surface area contributed by atoms with Crippen molar-refractivity contribution in [2.75, 3.05) is 18.2 Å². The highest BCUT2D eigenvalue weighted by molar-refractivity contribution is 7.99. The number of anilines is 1. The van der Waals surface area contributed by atoms with E-state index in [4.69, 9.17) is 4.74 Å². The minimum absolute atomic E-state index is 0.0840. The maximum Gasteiger partial charge on any atom is 0.225 e. The van der Waals surface area contributed by atoms with Gasteiger partial charge in [0.15, 0.2) is 0 Å². The Hall–Kier alpha value is -2.52. The van der Waals surface area contributed by atoms with Crippen LogP contribution in [0.2, 0.25) is 0 Å². The first kappa shape index (κ1) is 18.8. The van der Waals surface area contributed by atoms with Crippen LogP contribution in [-0.2, 0) is 4.79 Å². The van der Waals surface area contributed by atoms with E-state index >= 15 is 0 Å². The standard InChI is InChI=1S/C19H21N3O2S/c1-13(2)17-8-7-14(12-20)19(22-17)25-10-9-18(23)21-15-5-4-6-16(11-15)24-3/h4-8,11,13H,9-10H2,1-3H3,(H,21,23). The molecule has 25 heavy (non-hydrogen) atoms. The highest BCUT2D eigenvalue weighted by Gasteiger charge is 2.10. The fraction of sp³-hybridized carbons (Fsp3) is 0.316. The monoisotopic (exact) mass is 355 g/mol. The number of carbonyl (C=O) groups excluding carboxylic acids is 1. The number of aromatic nitrogens is 1. The third-order valence-electron chi connectivity index (χ3n) is 3.52. The Labute approximate surface area is 152 Å². The number of rotatable bonds is 7. The molecule has 0 saturated carbocycles. The summed E-state index contributed by atoms with van der Waals surface area (Å²) >= 11 is 1.43. The number of nitrogens with one attached hydrogen (secondary N) is 1. The Kier molecular flexibility index (Phi) is 6.84. The van der Waals surface area contributed by atoms with Crippen LogP contribution < -0.4 is 10.1 Å². The van der Waals surface area contributed by atoms with Crippen molar-refractivity contribution in [3.8, 4) is 11.8 Å². The van der Waals surface area contributed by atoms with E-state index in [1.54, 1.807) is 19.2 Å². The van der Waals surface area contributed by atoms with Gasteiger partial charge in [-0.3, -0.25) is 4.79 Å². The van der Waals surface area contributed by atoms with Gasteiger partial charge in [-0.2, -0.15) is 5.26 Å². The van der Waals surface area contributed by atoms with Crippen LogP contribution in [0.15, 0.2) is 41.4 Å². The number of benzene rings is 1. The van der Waals surface area contributed by atoms with Crippen molar-refractivity contribution in [2.45, 2.75) is 31.2 Å². The summed E-state index contributed by atoms with van der Waals surface area (Å²) in [5.41, 5.74) is 2.19. The van der Waals surface area contributed by atoms with Gasteiger partial charge in [-0.1, -0.05) is 19.9 Å². The molecule has 0 aliphatic rings. The lowest BCUT2D eigenvalue weighted by molar-refractivity contribution is -0.115. The van der Waals surface area contributed by atoms with E-state index in [0.29, 0.717) is 40.1 Å². The number of ether oxygens (including phenoxy) is 1. The van der Waals surface area contributed by atoms with Gasteiger partial charge < -0.3 is 10.1 Å². The number of methoxy groups -OCH3 is 1. The van der Waals surface area contributed by atoms with E-state index in [1.807, 2.05) is 24.3 Å². The molecule has 0 bridgehead atoms. The molecule has 130 valence electrons. The van der Waals surface area contributed by atoms with E-state index in [0.717, 1.165) is 5.69 Å². The van der Waals surface area contributed by atoms with E-state index in [1.165, 1.54) is 11.8 Å². The first-order chi connectivity index (χ1) is 12.0. The summed E-state index contributed by atoms with van der Waals surface area (Å²) in [6, 6.07) is 13.1. The van der Waals surface area contributed by atoms with Gasteiger partial charge in [0.2, 0.25) is 5.91 Å². The van der Waals surface area contributed by atoms with E-state index in [2.05, 4.69) is 30.2 Å². The van der Waals surface area contributed by atoms with Crippen molar-refractivity contribution < 1.29 is 9.53 Å². The van der Waals surface area contributed by atoms with Crippen LogP contribution in [0.3, 0.4) is 0 Å². The lowest BCUT2D eigenvalue weighted by atomic mass is 10.1. The second-order valence-corrected chi connectivity index (χ2v) is 6.82. The zero-order valence-corrected chi connectivity index (χ0v) is 15.4. The Bertz CT molecular complexity index is 784. The number of thioether (sulfide) groups is 1. The van der Waals surface area contributed by atoms with E-state index < -0.39 is 0 Å². The summed E-state index contributed by atoms with van der Waals surface area (Å²) in [7, 11) is 1.59. The highest BCUT2D eigenvalue weighted by atomic mass is 32.2. The maximum atomic E-state index is 12.1. The normalized spacial score (nSPS) is 10.4. The summed E-state index contributed by atoms with van der Waals surface area (Å²) in [4.78, 5) is 16.6. The Morgan fingerprint density at radius 2 is 2.16 bits per heavy atom. The number of amides is 1. The molecule has 6 heteroatoms. The van der Waals surface area contributed by atoms with Crippen molar-refractivity contribution in [2.24, 2.45) is 0 Å². The Morgan fingerprint density at radius 1 is 1.36 bits per heavy atom. The third-order valence-corrected chi connectivity index (χ3v) is 4.51. The third kappa shape index (κ3) is 5.50. The quantitative estimate of drug-likeness (QED) is 0.753. The lowest BCUT2D eigenvalue weighted by Crippen LogP contribution is -2.12. The molecule has 0 unspecified atom stereocenters. The van der Waals surface area contributed by atoms with Crippen LogP contribution in [0.4, 0.5) is 5.69 Å². The zero-order chi connectivity index (χ0) is 18.2. The van der Waals surface area contributed by atoms with Gasteiger partial charge in [0, 0.05) is 29.6 Å². The van der Waals surface area contributed by atoms with Crippen LogP contribution in [0.1, 0.15) is 37.4 Å². The van der Waals surface area contributed by atoms with Gasteiger partial charge in [-0.15, -0.1) is 11.8 Å². The second kappa shape index (κ2) is 9.09. The molecule has 0 aliphatic heterocycles. The predicted molar refractivity (Wildman–Crippen MR) is 100 cm³/mol. The van der Waals surface area contributed by atoms with Gasteiger partial charge in [0.25, 0.3) is 0 Å². The summed E-state index contributed by atoms with van der Waals surface area (Å²) in [6.07, 6.45) is 0.334. The SMILES string of the molecule is COc1cccc(NC(=O)CCSc2nc(C(C)C)ccc2C#N)c1. The molecule has 0 atom stereocenters. The molecule has 2 rings (SSSR count). The number of pyridine rings is 1. The first-order valence-corrected chi connectivity index (χ1v) is 8.99. The molecule has 0 spiro atoms. The summed E-state index contributed by atoms with van der Waals surface area (Å²) in [6.45, 7) is 4.12. The van der Waals surface area contributed by atoms with Crippen LogP contribution in [0.25, 0.3) is 0 Å². The molecule has 5 nitrogen and oxygen atoms in total. The molecular weight excluding hydrogens is 334 g/mol. The number of hydrogen-bond donors (Lipinski definition) is 1. The van der Waals surface area contributed by atoms with Crippen molar-refractivity contribution in [3.63, 3.8) is 0 Å². The van der Waals surface area contributed by atoms with E-state index in [9.17, 15) is 10.1 Å². The minimum Gasteiger partial charge on any atom is -0.497 e. The van der Waals surface area contributed by atoms with Crippen LogP contribution in [-0.4, -0.2) is 23.8 Å². The first-order valence-electron chi connectivity index (χ1n) is 8.01. The summed E-state index contributed by atoms with van der Waals surface area (Å²) in [5, 5.41) is 12.7. The zero-order valence-electron chi connectivity index (χ0n) is 14.6. The highest BCUT2D eigenvalue weighted by Crippen LogP contribution is 2.24. The number of carbonyl (C=O) groups is 1. The van der Waals surface area contributed by atoms with Gasteiger partial charge in [-0.05, 0) is 30.2 Å². The Morgan fingerprint density at radius 3 is 2.84 bits per heavy atom. The predicted octanol–water partition coefficient (Wildman–Crippen LogP) is 4.21. The molecule has 1 aromatic carbocycles. The van der Waals surface area contributed by atoms with Crippen LogP contribution >= 0.6 is 11.8 Å². The molecule has 1 heterocycles. The van der Waals surface area contributed by atoms with Gasteiger partial charge in [0.1, 0.15) is 16.8 Å². The van der Waals surface area contributed by atoms with Gasteiger partial charge in [-0.25, -0.2) is 4.98 Å². The second-order valence-electron chi connectivity index (χ2n) is 5.73. The largest absolute Gasteiger partial charge is 0.497 e. The van der Waals surface area contributed by atoms with Crippen molar-refractivity contribution in [3.05, 3.63) is 47.7 Å². The Balaban J connectivity index is 1.92. The molecule has 0 fully saturated rings. The fourth-order valence-corrected chi connectivity index (χ4v) is 3.06. The molecule has 0 aliphatic carbocycles. The van der Waals surface area contributed by atoms with Gasteiger partial charge >= 0.3 is 0 Å².